The van der Waals surface area contributed by atoms with Crippen molar-refractivity contribution >= 4 is 45.3 Å². The van der Waals surface area contributed by atoms with Crippen LogP contribution in [-0.4, -0.2) is 31.6 Å². The third kappa shape index (κ3) is 4.19. The molecule has 0 saturated carbocycles. The van der Waals surface area contributed by atoms with Gasteiger partial charge in [0.1, 0.15) is 11.3 Å². The van der Waals surface area contributed by atoms with Crippen molar-refractivity contribution < 1.29 is 19.1 Å². The number of ketones is 1. The summed E-state index contributed by atoms with van der Waals surface area (Å²) in [4.78, 5) is 29.3. The summed E-state index contributed by atoms with van der Waals surface area (Å²) in [6, 6.07) is 29.9. The van der Waals surface area contributed by atoms with Gasteiger partial charge in [-0.15, -0.1) is 0 Å². The summed E-state index contributed by atoms with van der Waals surface area (Å²) in [6.07, 6.45) is 3.26. The number of carboxylic acids is 1. The zero-order valence-corrected chi connectivity index (χ0v) is 19.4. The van der Waals surface area contributed by atoms with Crippen LogP contribution in [-0.2, 0) is 9.59 Å². The van der Waals surface area contributed by atoms with Crippen molar-refractivity contribution in [3.63, 3.8) is 0 Å². The number of carbonyl (C=O) groups excluding carboxylic acids is 1. The predicted octanol–water partition coefficient (Wildman–Crippen LogP) is 6.03. The monoisotopic (exact) mass is 485 g/mol. The second kappa shape index (κ2) is 9.05. The molecule has 6 aromatic rings. The van der Waals surface area contributed by atoms with Crippen LogP contribution >= 0.6 is 0 Å². The first-order valence-electron chi connectivity index (χ1n) is 11.6. The Labute approximate surface area is 210 Å². The number of rotatable bonds is 6. The lowest BCUT2D eigenvalue weighted by molar-refractivity contribution is -0.146. The average molecular weight is 485 g/mol. The van der Waals surface area contributed by atoms with Crippen LogP contribution in [0.5, 0.6) is 0 Å². The van der Waals surface area contributed by atoms with E-state index in [1.54, 1.807) is 16.9 Å². The summed E-state index contributed by atoms with van der Waals surface area (Å²) in [6.45, 7) is 0. The summed E-state index contributed by atoms with van der Waals surface area (Å²) in [5, 5.41) is 16.1. The average Bonchev–Trinajstić information content (AvgIpc) is 3.56. The lowest BCUT2D eigenvalue weighted by Crippen LogP contribution is -2.15. The highest BCUT2D eigenvalue weighted by Gasteiger charge is 2.23. The first-order valence-corrected chi connectivity index (χ1v) is 11.6. The van der Waals surface area contributed by atoms with E-state index in [1.807, 2.05) is 91.0 Å². The van der Waals surface area contributed by atoms with E-state index in [0.717, 1.165) is 16.5 Å². The fourth-order valence-electron chi connectivity index (χ4n) is 4.24. The fourth-order valence-corrected chi connectivity index (χ4v) is 4.24. The predicted molar refractivity (Wildman–Crippen MR) is 141 cm³/mol. The number of aliphatic carboxylic acids is 1. The maximum absolute atomic E-state index is 12.9. The number of pyridine rings is 1. The lowest BCUT2D eigenvalue weighted by Gasteiger charge is -2.06. The molecule has 0 amide bonds. The molecule has 3 heterocycles. The molecule has 0 bridgehead atoms. The van der Waals surface area contributed by atoms with Gasteiger partial charge in [-0.3, -0.25) is 4.79 Å². The number of furan rings is 1. The van der Waals surface area contributed by atoms with Gasteiger partial charge in [0.2, 0.25) is 0 Å². The Morgan fingerprint density at radius 2 is 1.57 bits per heavy atom. The van der Waals surface area contributed by atoms with Crippen molar-refractivity contribution in [2.24, 2.45) is 0 Å². The van der Waals surface area contributed by atoms with E-state index in [-0.39, 0.29) is 11.3 Å². The number of Topliss-reactive ketones (excluding diaryl/α,β-unsaturated/α-hetero) is 1. The van der Waals surface area contributed by atoms with Crippen LogP contribution in [0.1, 0.15) is 11.3 Å². The molecule has 0 fully saturated rings. The number of carbonyl (C=O) groups is 2. The lowest BCUT2D eigenvalue weighted by atomic mass is 10.0. The Bertz CT molecular complexity index is 1800. The van der Waals surface area contributed by atoms with E-state index in [0.29, 0.717) is 28.1 Å². The zero-order chi connectivity index (χ0) is 25.4. The SMILES string of the molecule is O=C(O)C(=O)C(=Cc1cn(-c2ccccc2)nc1-c1cc2ccccc2o1)c1ccc2ccccc2n1. The number of para-hydroxylation sites is 3. The molecule has 6 rings (SSSR count). The molecule has 7 nitrogen and oxygen atoms in total. The van der Waals surface area contributed by atoms with Crippen LogP contribution in [0.2, 0.25) is 0 Å². The molecule has 178 valence electrons. The van der Waals surface area contributed by atoms with Crippen LogP contribution in [0.4, 0.5) is 0 Å². The summed E-state index contributed by atoms with van der Waals surface area (Å²) in [5.74, 6) is -2.14. The number of benzene rings is 3. The number of hydrogen-bond donors (Lipinski definition) is 1. The molecule has 0 radical (unpaired) electrons. The smallest absolute Gasteiger partial charge is 0.377 e. The highest BCUT2D eigenvalue weighted by atomic mass is 16.4. The van der Waals surface area contributed by atoms with E-state index in [4.69, 9.17) is 9.52 Å². The van der Waals surface area contributed by atoms with Crippen molar-refractivity contribution in [2.75, 3.05) is 0 Å². The maximum atomic E-state index is 12.9. The Kier molecular flexibility index (Phi) is 5.43. The molecule has 0 unspecified atom stereocenters. The van der Waals surface area contributed by atoms with Crippen LogP contribution < -0.4 is 0 Å². The Morgan fingerprint density at radius 3 is 2.35 bits per heavy atom. The first-order chi connectivity index (χ1) is 18.1. The van der Waals surface area contributed by atoms with Crippen molar-refractivity contribution in [3.8, 4) is 17.1 Å². The number of hydrogen-bond acceptors (Lipinski definition) is 5. The highest BCUT2D eigenvalue weighted by molar-refractivity contribution is 6.52. The molecule has 0 saturated heterocycles. The third-order valence-electron chi connectivity index (χ3n) is 6.04. The van der Waals surface area contributed by atoms with Gasteiger partial charge in [0.15, 0.2) is 5.76 Å². The van der Waals surface area contributed by atoms with Crippen LogP contribution in [0.15, 0.2) is 108 Å². The van der Waals surface area contributed by atoms with Crippen molar-refractivity contribution in [2.45, 2.75) is 0 Å². The van der Waals surface area contributed by atoms with Crippen LogP contribution in [0.3, 0.4) is 0 Å². The Morgan fingerprint density at radius 1 is 0.838 bits per heavy atom. The van der Waals surface area contributed by atoms with Gasteiger partial charge >= 0.3 is 5.97 Å². The van der Waals surface area contributed by atoms with Crippen molar-refractivity contribution in [3.05, 3.63) is 115 Å². The van der Waals surface area contributed by atoms with Gasteiger partial charge in [-0.25, -0.2) is 14.5 Å². The molecule has 3 aromatic heterocycles. The van der Waals surface area contributed by atoms with Crippen molar-refractivity contribution in [1.29, 1.82) is 0 Å². The molecule has 0 atom stereocenters. The molecule has 0 spiro atoms. The van der Waals surface area contributed by atoms with Gasteiger partial charge in [-0.2, -0.15) is 5.10 Å². The fraction of sp³-hybridized carbons (Fsp3) is 0. The van der Waals surface area contributed by atoms with Gasteiger partial charge in [-0.05, 0) is 42.5 Å². The van der Waals surface area contributed by atoms with Gasteiger partial charge < -0.3 is 9.52 Å². The van der Waals surface area contributed by atoms with Gasteiger partial charge in [0, 0.05) is 22.5 Å². The Balaban J connectivity index is 1.57. The van der Waals surface area contributed by atoms with Crippen molar-refractivity contribution in [1.82, 2.24) is 14.8 Å². The van der Waals surface area contributed by atoms with E-state index >= 15 is 0 Å². The third-order valence-corrected chi connectivity index (χ3v) is 6.04. The zero-order valence-electron chi connectivity index (χ0n) is 19.4. The molecule has 0 aliphatic heterocycles. The topological polar surface area (TPSA) is 98.2 Å². The quantitative estimate of drug-likeness (QED) is 0.229. The minimum atomic E-state index is -1.57. The molecule has 3 aromatic carbocycles. The van der Waals surface area contributed by atoms with Gasteiger partial charge in [-0.1, -0.05) is 60.7 Å². The largest absolute Gasteiger partial charge is 0.475 e. The second-order valence-electron chi connectivity index (χ2n) is 8.44. The minimum Gasteiger partial charge on any atom is -0.475 e. The standard InChI is InChI=1S/C30H19N3O4/c34-29(30(35)36)23(25-15-14-19-8-4-6-12-24(19)31-25)16-21-18-33(22-10-2-1-3-11-22)32-28(21)27-17-20-9-5-7-13-26(20)37-27/h1-18H,(H,35,36). The maximum Gasteiger partial charge on any atom is 0.377 e. The van der Waals surface area contributed by atoms with E-state index in [1.165, 1.54) is 6.08 Å². The van der Waals surface area contributed by atoms with E-state index in [2.05, 4.69) is 4.98 Å². The first kappa shape index (κ1) is 22.2. The van der Waals surface area contributed by atoms with E-state index in [9.17, 15) is 14.7 Å². The molecular formula is C30H19N3O4. The van der Waals surface area contributed by atoms with Gasteiger partial charge in [0.25, 0.3) is 5.78 Å². The highest BCUT2D eigenvalue weighted by Crippen LogP contribution is 2.32. The number of fused-ring (bicyclic) bond motifs is 2. The molecular weight excluding hydrogens is 466 g/mol. The summed E-state index contributed by atoms with van der Waals surface area (Å²) in [5.41, 5.74) is 3.34. The number of nitrogens with zero attached hydrogens (tertiary/aromatic N) is 3. The molecule has 0 aliphatic rings. The number of aromatic nitrogens is 3. The van der Waals surface area contributed by atoms with E-state index < -0.39 is 11.8 Å². The number of carboxylic acid groups (broad SMARTS) is 1. The summed E-state index contributed by atoms with van der Waals surface area (Å²) >= 11 is 0. The van der Waals surface area contributed by atoms with Crippen LogP contribution in [0.25, 0.3) is 50.7 Å². The van der Waals surface area contributed by atoms with Crippen LogP contribution in [0, 0.1) is 0 Å². The summed E-state index contributed by atoms with van der Waals surface area (Å²) in [7, 11) is 0. The molecule has 37 heavy (non-hydrogen) atoms. The summed E-state index contributed by atoms with van der Waals surface area (Å²) < 4.78 is 7.75. The van der Waals surface area contributed by atoms with Gasteiger partial charge in [0.05, 0.1) is 22.5 Å². The molecule has 1 N–H and O–H groups in total. The second-order valence-corrected chi connectivity index (χ2v) is 8.44. The minimum absolute atomic E-state index is 0.0526. The molecule has 0 aliphatic carbocycles. The Hall–Kier alpha value is -5.30. The molecule has 7 heteroatoms. The normalized spacial score (nSPS) is 11.7.